The zero-order valence-corrected chi connectivity index (χ0v) is 17.4. The third-order valence-corrected chi connectivity index (χ3v) is 4.68. The Morgan fingerprint density at radius 2 is 1.58 bits per heavy atom. The largest absolute Gasteiger partial charge is 0.416 e. The molecule has 3 aromatic carbocycles. The molecule has 0 saturated carbocycles. The van der Waals surface area contributed by atoms with Crippen molar-refractivity contribution in [2.75, 3.05) is 16.0 Å². The molecule has 0 heterocycles. The molecule has 3 N–H and O–H groups in total. The summed E-state index contributed by atoms with van der Waals surface area (Å²) in [5.41, 5.74) is 2.04. The monoisotopic (exact) mass is 443 g/mol. The van der Waals surface area contributed by atoms with E-state index >= 15 is 0 Å². The average Bonchev–Trinajstić information content (AvgIpc) is 2.74. The van der Waals surface area contributed by atoms with E-state index in [1.54, 1.807) is 24.3 Å². The van der Waals surface area contributed by atoms with Crippen LogP contribution in [0.4, 0.5) is 30.2 Å². The lowest BCUT2D eigenvalue weighted by atomic mass is 10.1. The summed E-state index contributed by atoms with van der Waals surface area (Å²) in [6.45, 7) is 1.95. The van der Waals surface area contributed by atoms with Crippen LogP contribution in [0.2, 0.25) is 0 Å². The number of hydrogen-bond donors (Lipinski definition) is 3. The number of halogens is 3. The van der Waals surface area contributed by atoms with Gasteiger partial charge in [0.2, 0.25) is 0 Å². The molecule has 3 aromatic rings. The summed E-state index contributed by atoms with van der Waals surface area (Å²) in [6, 6.07) is 19.0. The molecule has 0 aliphatic carbocycles. The van der Waals surface area contributed by atoms with E-state index in [2.05, 4.69) is 16.0 Å². The van der Waals surface area contributed by atoms with Crippen molar-refractivity contribution in [3.8, 4) is 0 Å². The molecule has 1 amide bonds. The Balaban J connectivity index is 1.75. The quantitative estimate of drug-likeness (QED) is 0.404. The first-order valence-electron chi connectivity index (χ1n) is 9.51. The molecule has 0 aliphatic heterocycles. The summed E-state index contributed by atoms with van der Waals surface area (Å²) in [4.78, 5) is 12.6. The Hall–Kier alpha value is -3.39. The van der Waals surface area contributed by atoms with Crippen LogP contribution in [0.25, 0.3) is 0 Å². The number of amides is 1. The number of hydrogen-bond acceptors (Lipinski definition) is 2. The number of aryl methyl sites for hydroxylation is 1. The number of benzene rings is 3. The first kappa shape index (κ1) is 22.3. The van der Waals surface area contributed by atoms with Crippen molar-refractivity contribution in [3.63, 3.8) is 0 Å². The van der Waals surface area contributed by atoms with Gasteiger partial charge in [0, 0.05) is 22.6 Å². The van der Waals surface area contributed by atoms with Gasteiger partial charge in [-0.1, -0.05) is 37.3 Å². The van der Waals surface area contributed by atoms with Gasteiger partial charge < -0.3 is 16.0 Å². The lowest BCUT2D eigenvalue weighted by Gasteiger charge is -2.16. The van der Waals surface area contributed by atoms with Gasteiger partial charge in [-0.2, -0.15) is 13.2 Å². The van der Waals surface area contributed by atoms with Crippen molar-refractivity contribution in [3.05, 3.63) is 89.5 Å². The fraction of sp³-hybridized carbons (Fsp3) is 0.130. The molecular formula is C23H20F3N3OS. The molecular weight excluding hydrogens is 423 g/mol. The second kappa shape index (κ2) is 9.61. The highest BCUT2D eigenvalue weighted by Crippen LogP contribution is 2.30. The van der Waals surface area contributed by atoms with E-state index in [-0.39, 0.29) is 16.7 Å². The maximum Gasteiger partial charge on any atom is 0.416 e. The van der Waals surface area contributed by atoms with E-state index in [1.165, 1.54) is 12.1 Å². The predicted octanol–water partition coefficient (Wildman–Crippen LogP) is 6.33. The van der Waals surface area contributed by atoms with Gasteiger partial charge in [0.05, 0.1) is 5.56 Å². The van der Waals surface area contributed by atoms with Crippen molar-refractivity contribution in [1.29, 1.82) is 0 Å². The van der Waals surface area contributed by atoms with Gasteiger partial charge in [-0.3, -0.25) is 4.79 Å². The van der Waals surface area contributed by atoms with E-state index in [9.17, 15) is 18.0 Å². The standard InChI is InChI=1S/C23H20F3N3OS/c1-2-15-11-12-16(21(30)27-18-8-4-3-5-9-18)13-20(15)29-22(31)28-19-10-6-7-17(14-19)23(24,25)26/h3-14H,2H2,1H3,(H,27,30)(H2,28,29,31). The van der Waals surface area contributed by atoms with Crippen LogP contribution in [0.15, 0.2) is 72.8 Å². The molecule has 0 fully saturated rings. The highest BCUT2D eigenvalue weighted by molar-refractivity contribution is 7.80. The van der Waals surface area contributed by atoms with Crippen molar-refractivity contribution in [2.24, 2.45) is 0 Å². The van der Waals surface area contributed by atoms with Gasteiger partial charge in [-0.25, -0.2) is 0 Å². The van der Waals surface area contributed by atoms with Crippen molar-refractivity contribution < 1.29 is 18.0 Å². The second-order valence-corrected chi connectivity index (χ2v) is 7.11. The van der Waals surface area contributed by atoms with Gasteiger partial charge in [0.25, 0.3) is 5.91 Å². The predicted molar refractivity (Wildman–Crippen MR) is 122 cm³/mol. The highest BCUT2D eigenvalue weighted by Gasteiger charge is 2.30. The lowest BCUT2D eigenvalue weighted by Crippen LogP contribution is -2.21. The van der Waals surface area contributed by atoms with E-state index in [1.807, 2.05) is 31.2 Å². The molecule has 0 aromatic heterocycles. The summed E-state index contributed by atoms with van der Waals surface area (Å²) < 4.78 is 38.7. The average molecular weight is 443 g/mol. The Morgan fingerprint density at radius 3 is 2.26 bits per heavy atom. The Kier molecular flexibility index (Phi) is 6.91. The van der Waals surface area contributed by atoms with E-state index < -0.39 is 11.7 Å². The normalized spacial score (nSPS) is 11.0. The van der Waals surface area contributed by atoms with Gasteiger partial charge in [0.1, 0.15) is 0 Å². The van der Waals surface area contributed by atoms with Gasteiger partial charge >= 0.3 is 6.18 Å². The number of thiocarbonyl (C=S) groups is 1. The van der Waals surface area contributed by atoms with Gasteiger partial charge in [-0.15, -0.1) is 0 Å². The number of para-hydroxylation sites is 1. The topological polar surface area (TPSA) is 53.2 Å². The summed E-state index contributed by atoms with van der Waals surface area (Å²) in [5, 5.41) is 8.68. The zero-order valence-electron chi connectivity index (χ0n) is 16.6. The fourth-order valence-corrected chi connectivity index (χ4v) is 3.15. The van der Waals surface area contributed by atoms with Crippen LogP contribution < -0.4 is 16.0 Å². The molecule has 0 aliphatic rings. The van der Waals surface area contributed by atoms with Crippen LogP contribution in [0.1, 0.15) is 28.4 Å². The Labute approximate surface area is 183 Å². The van der Waals surface area contributed by atoms with Crippen molar-refractivity contribution in [1.82, 2.24) is 0 Å². The molecule has 0 spiro atoms. The van der Waals surface area contributed by atoms with Crippen LogP contribution in [0.3, 0.4) is 0 Å². The molecule has 0 unspecified atom stereocenters. The zero-order chi connectivity index (χ0) is 22.4. The number of rotatable bonds is 5. The molecule has 0 saturated heterocycles. The molecule has 4 nitrogen and oxygen atoms in total. The molecule has 0 radical (unpaired) electrons. The summed E-state index contributed by atoms with van der Waals surface area (Å²) in [7, 11) is 0. The van der Waals surface area contributed by atoms with Crippen molar-refractivity contribution >= 4 is 40.3 Å². The number of alkyl halides is 3. The van der Waals surface area contributed by atoms with Crippen LogP contribution in [-0.4, -0.2) is 11.0 Å². The number of nitrogens with one attached hydrogen (secondary N) is 3. The van der Waals surface area contributed by atoms with E-state index in [4.69, 9.17) is 12.2 Å². The molecule has 31 heavy (non-hydrogen) atoms. The third-order valence-electron chi connectivity index (χ3n) is 4.48. The number of anilines is 3. The maximum atomic E-state index is 12.9. The van der Waals surface area contributed by atoms with E-state index in [0.29, 0.717) is 23.4 Å². The van der Waals surface area contributed by atoms with Crippen molar-refractivity contribution in [2.45, 2.75) is 19.5 Å². The molecule has 160 valence electrons. The van der Waals surface area contributed by atoms with Crippen LogP contribution in [-0.2, 0) is 12.6 Å². The highest BCUT2D eigenvalue weighted by atomic mass is 32.1. The van der Waals surface area contributed by atoms with Crippen LogP contribution in [0.5, 0.6) is 0 Å². The molecule has 0 atom stereocenters. The maximum absolute atomic E-state index is 12.9. The van der Waals surface area contributed by atoms with Crippen LogP contribution >= 0.6 is 12.2 Å². The summed E-state index contributed by atoms with van der Waals surface area (Å²) in [6.07, 6.45) is -3.77. The fourth-order valence-electron chi connectivity index (χ4n) is 2.93. The Bertz CT molecular complexity index is 1080. The minimum Gasteiger partial charge on any atom is -0.332 e. The third kappa shape index (κ3) is 6.05. The second-order valence-electron chi connectivity index (χ2n) is 6.70. The smallest absolute Gasteiger partial charge is 0.332 e. The minimum absolute atomic E-state index is 0.120. The summed E-state index contributed by atoms with van der Waals surface area (Å²) in [5.74, 6) is -0.284. The van der Waals surface area contributed by atoms with Gasteiger partial charge in [-0.05, 0) is 66.7 Å². The molecule has 8 heteroatoms. The first-order chi connectivity index (χ1) is 14.8. The SMILES string of the molecule is CCc1ccc(C(=O)Nc2ccccc2)cc1NC(=S)Nc1cccc(C(F)(F)F)c1. The van der Waals surface area contributed by atoms with E-state index in [0.717, 1.165) is 17.7 Å². The minimum atomic E-state index is -4.44. The number of carbonyl (C=O) groups is 1. The molecule has 3 rings (SSSR count). The summed E-state index contributed by atoms with van der Waals surface area (Å²) >= 11 is 5.27. The Morgan fingerprint density at radius 1 is 0.871 bits per heavy atom. The molecule has 0 bridgehead atoms. The first-order valence-corrected chi connectivity index (χ1v) is 9.91. The van der Waals surface area contributed by atoms with Crippen LogP contribution in [0, 0.1) is 0 Å². The number of carbonyl (C=O) groups excluding carboxylic acids is 1. The van der Waals surface area contributed by atoms with Gasteiger partial charge in [0.15, 0.2) is 5.11 Å². The lowest BCUT2D eigenvalue weighted by molar-refractivity contribution is -0.137.